The number of imidazole rings is 1. The molecule has 2 aromatic rings. The second-order valence-electron chi connectivity index (χ2n) is 4.84. The van der Waals surface area contributed by atoms with Gasteiger partial charge in [0.25, 0.3) is 0 Å². The van der Waals surface area contributed by atoms with Crippen LogP contribution in [0.3, 0.4) is 0 Å². The molecule has 1 unspecified atom stereocenters. The van der Waals surface area contributed by atoms with Gasteiger partial charge in [-0.2, -0.15) is 0 Å². The molecule has 0 spiro atoms. The van der Waals surface area contributed by atoms with Crippen molar-refractivity contribution in [3.8, 4) is 0 Å². The number of nitrogens with zero attached hydrogens (tertiary/aromatic N) is 3. The Morgan fingerprint density at radius 2 is 2.39 bits per heavy atom. The lowest BCUT2D eigenvalue weighted by molar-refractivity contribution is 0.448. The maximum absolute atomic E-state index is 5.63. The van der Waals surface area contributed by atoms with Crippen molar-refractivity contribution in [2.24, 2.45) is 0 Å². The summed E-state index contributed by atoms with van der Waals surface area (Å²) in [7, 11) is 0. The molecule has 0 aromatic carbocycles. The predicted octanol–water partition coefficient (Wildman–Crippen LogP) is 1.96. The van der Waals surface area contributed by atoms with Gasteiger partial charge in [0, 0.05) is 12.2 Å². The zero-order valence-electron chi connectivity index (χ0n) is 10.8. The molecule has 1 fully saturated rings. The summed E-state index contributed by atoms with van der Waals surface area (Å²) in [5.41, 5.74) is 2.19. The van der Waals surface area contributed by atoms with Crippen LogP contribution in [0.15, 0.2) is 16.9 Å². The Morgan fingerprint density at radius 3 is 3.06 bits per heavy atom. The molecular weight excluding hydrogens is 228 g/mol. The summed E-state index contributed by atoms with van der Waals surface area (Å²) in [4.78, 5) is 8.66. The molecular formula is C13H18N4O. The molecule has 0 radical (unpaired) electrons. The standard InChI is InChI=1S/C13H18N4O/c1-9-10(2)18-13(16-9)7-17-8-14-6-12(17)11-4-3-5-15-11/h6,8,11,15H,3-5,7H2,1-2H3. The number of rotatable bonds is 3. The van der Waals surface area contributed by atoms with Crippen LogP contribution in [0.25, 0.3) is 0 Å². The highest BCUT2D eigenvalue weighted by atomic mass is 16.4. The molecule has 5 nitrogen and oxygen atoms in total. The van der Waals surface area contributed by atoms with Crippen LogP contribution >= 0.6 is 0 Å². The normalized spacial score (nSPS) is 19.6. The lowest BCUT2D eigenvalue weighted by Gasteiger charge is -2.12. The molecule has 18 heavy (non-hydrogen) atoms. The molecule has 2 aromatic heterocycles. The molecule has 1 N–H and O–H groups in total. The van der Waals surface area contributed by atoms with Crippen LogP contribution in [0.2, 0.25) is 0 Å². The summed E-state index contributed by atoms with van der Waals surface area (Å²) >= 11 is 0. The van der Waals surface area contributed by atoms with E-state index in [0.29, 0.717) is 12.6 Å². The highest BCUT2D eigenvalue weighted by Gasteiger charge is 2.20. The van der Waals surface area contributed by atoms with Crippen molar-refractivity contribution in [2.75, 3.05) is 6.54 Å². The predicted molar refractivity (Wildman–Crippen MR) is 67.3 cm³/mol. The van der Waals surface area contributed by atoms with Gasteiger partial charge in [-0.1, -0.05) is 0 Å². The van der Waals surface area contributed by atoms with Crippen molar-refractivity contribution in [3.05, 3.63) is 35.6 Å². The van der Waals surface area contributed by atoms with E-state index in [2.05, 4.69) is 19.9 Å². The Kier molecular flexibility index (Phi) is 2.91. The van der Waals surface area contributed by atoms with Crippen molar-refractivity contribution >= 4 is 0 Å². The third kappa shape index (κ3) is 2.06. The fraction of sp³-hybridized carbons (Fsp3) is 0.538. The summed E-state index contributed by atoms with van der Waals surface area (Å²) in [6, 6.07) is 0.421. The van der Waals surface area contributed by atoms with E-state index in [0.717, 1.165) is 23.9 Å². The van der Waals surface area contributed by atoms with Gasteiger partial charge in [0.15, 0.2) is 0 Å². The topological polar surface area (TPSA) is 55.9 Å². The van der Waals surface area contributed by atoms with Crippen molar-refractivity contribution in [3.63, 3.8) is 0 Å². The van der Waals surface area contributed by atoms with Crippen LogP contribution in [0.4, 0.5) is 0 Å². The first-order chi connectivity index (χ1) is 8.74. The monoisotopic (exact) mass is 246 g/mol. The fourth-order valence-electron chi connectivity index (χ4n) is 2.44. The van der Waals surface area contributed by atoms with Crippen LogP contribution in [-0.4, -0.2) is 21.1 Å². The Hall–Kier alpha value is -1.62. The summed E-state index contributed by atoms with van der Waals surface area (Å²) < 4.78 is 7.74. The van der Waals surface area contributed by atoms with Crippen LogP contribution in [-0.2, 0) is 6.54 Å². The second-order valence-corrected chi connectivity index (χ2v) is 4.84. The first-order valence-electron chi connectivity index (χ1n) is 6.40. The molecule has 0 amide bonds. The largest absolute Gasteiger partial charge is 0.444 e. The minimum Gasteiger partial charge on any atom is -0.444 e. The average molecular weight is 246 g/mol. The molecule has 3 heterocycles. The van der Waals surface area contributed by atoms with Crippen molar-refractivity contribution < 1.29 is 4.42 Å². The number of aromatic nitrogens is 3. The van der Waals surface area contributed by atoms with Crippen molar-refractivity contribution in [1.82, 2.24) is 19.9 Å². The number of hydrogen-bond acceptors (Lipinski definition) is 4. The van der Waals surface area contributed by atoms with E-state index in [1.54, 1.807) is 0 Å². The summed E-state index contributed by atoms with van der Waals surface area (Å²) in [6.07, 6.45) is 6.19. The molecule has 0 bridgehead atoms. The Labute approximate surface area is 106 Å². The van der Waals surface area contributed by atoms with Gasteiger partial charge in [0.1, 0.15) is 12.3 Å². The van der Waals surface area contributed by atoms with Gasteiger partial charge < -0.3 is 14.3 Å². The van der Waals surface area contributed by atoms with Gasteiger partial charge in [-0.25, -0.2) is 9.97 Å². The SMILES string of the molecule is Cc1nc(Cn2cncc2C2CCCN2)oc1C. The van der Waals surface area contributed by atoms with Crippen LogP contribution in [0, 0.1) is 13.8 Å². The fourth-order valence-corrected chi connectivity index (χ4v) is 2.44. The molecule has 0 saturated carbocycles. The second kappa shape index (κ2) is 4.57. The first kappa shape index (κ1) is 11.5. The quantitative estimate of drug-likeness (QED) is 0.899. The Bertz CT molecular complexity index is 517. The maximum Gasteiger partial charge on any atom is 0.214 e. The van der Waals surface area contributed by atoms with E-state index < -0.39 is 0 Å². The molecule has 96 valence electrons. The summed E-state index contributed by atoms with van der Waals surface area (Å²) in [5, 5.41) is 3.49. The highest BCUT2D eigenvalue weighted by molar-refractivity contribution is 5.10. The Morgan fingerprint density at radius 1 is 1.50 bits per heavy atom. The molecule has 1 atom stereocenters. The van der Waals surface area contributed by atoms with E-state index in [1.807, 2.05) is 26.4 Å². The van der Waals surface area contributed by atoms with E-state index in [-0.39, 0.29) is 0 Å². The molecule has 5 heteroatoms. The third-order valence-corrected chi connectivity index (χ3v) is 3.54. The smallest absolute Gasteiger partial charge is 0.214 e. The molecule has 1 aliphatic rings. The van der Waals surface area contributed by atoms with E-state index in [4.69, 9.17) is 4.42 Å². The van der Waals surface area contributed by atoms with Gasteiger partial charge >= 0.3 is 0 Å². The average Bonchev–Trinajstić information content (AvgIpc) is 3.01. The number of nitrogens with one attached hydrogen (secondary N) is 1. The number of aryl methyl sites for hydroxylation is 2. The third-order valence-electron chi connectivity index (χ3n) is 3.54. The minimum atomic E-state index is 0.421. The lowest BCUT2D eigenvalue weighted by atomic mass is 10.2. The Balaban J connectivity index is 1.82. The molecule has 3 rings (SSSR count). The van der Waals surface area contributed by atoms with Crippen molar-refractivity contribution in [1.29, 1.82) is 0 Å². The van der Waals surface area contributed by atoms with Gasteiger partial charge in [0.2, 0.25) is 5.89 Å². The zero-order chi connectivity index (χ0) is 12.5. The minimum absolute atomic E-state index is 0.421. The van der Waals surface area contributed by atoms with Crippen LogP contribution in [0.1, 0.15) is 41.9 Å². The highest BCUT2D eigenvalue weighted by Crippen LogP contribution is 2.23. The van der Waals surface area contributed by atoms with Gasteiger partial charge in [-0.15, -0.1) is 0 Å². The molecule has 1 aliphatic heterocycles. The number of oxazole rings is 1. The number of hydrogen-bond donors (Lipinski definition) is 1. The van der Waals surface area contributed by atoms with Gasteiger partial charge in [0.05, 0.1) is 17.7 Å². The van der Waals surface area contributed by atoms with Gasteiger partial charge in [-0.3, -0.25) is 0 Å². The summed E-state index contributed by atoms with van der Waals surface area (Å²) in [5.74, 6) is 1.65. The van der Waals surface area contributed by atoms with Crippen LogP contribution in [0.5, 0.6) is 0 Å². The maximum atomic E-state index is 5.63. The van der Waals surface area contributed by atoms with E-state index in [1.165, 1.54) is 18.5 Å². The van der Waals surface area contributed by atoms with E-state index in [9.17, 15) is 0 Å². The lowest BCUT2D eigenvalue weighted by Crippen LogP contribution is -2.17. The van der Waals surface area contributed by atoms with E-state index >= 15 is 0 Å². The molecule has 1 saturated heterocycles. The van der Waals surface area contributed by atoms with Crippen LogP contribution < -0.4 is 5.32 Å². The molecule has 0 aliphatic carbocycles. The van der Waals surface area contributed by atoms with Crippen molar-refractivity contribution in [2.45, 2.75) is 39.3 Å². The summed E-state index contributed by atoms with van der Waals surface area (Å²) in [6.45, 7) is 5.66. The first-order valence-corrected chi connectivity index (χ1v) is 6.40. The van der Waals surface area contributed by atoms with Gasteiger partial charge in [-0.05, 0) is 33.2 Å². The zero-order valence-corrected chi connectivity index (χ0v) is 10.8.